The Hall–Kier alpha value is -1.88. The largest absolute Gasteiger partial charge is 0.355 e. The predicted molar refractivity (Wildman–Crippen MR) is 90.4 cm³/mol. The van der Waals surface area contributed by atoms with Crippen molar-refractivity contribution in [2.24, 2.45) is 0 Å². The van der Waals surface area contributed by atoms with Gasteiger partial charge in [0.25, 0.3) is 0 Å². The van der Waals surface area contributed by atoms with Crippen LogP contribution in [0, 0.1) is 6.92 Å². The second-order valence-corrected chi connectivity index (χ2v) is 6.78. The summed E-state index contributed by atoms with van der Waals surface area (Å²) in [5.41, 5.74) is 1.03. The molecular weight excluding hydrogens is 294 g/mol. The molecule has 1 fully saturated rings. The Morgan fingerprint density at radius 1 is 1.41 bits per heavy atom. The SMILES string of the molecule is Cc1cccc(N2CCC[C@H](NC(=O)Cc3cccs3)C2)n1. The van der Waals surface area contributed by atoms with Gasteiger partial charge in [-0.05, 0) is 43.3 Å². The minimum absolute atomic E-state index is 0.117. The third kappa shape index (κ3) is 3.85. The molecule has 0 aliphatic carbocycles. The molecule has 1 amide bonds. The van der Waals surface area contributed by atoms with E-state index in [1.807, 2.05) is 42.6 Å². The van der Waals surface area contributed by atoms with Gasteiger partial charge in [-0.3, -0.25) is 4.79 Å². The monoisotopic (exact) mass is 315 g/mol. The Morgan fingerprint density at radius 2 is 2.32 bits per heavy atom. The standard InChI is InChI=1S/C17H21N3OS/c1-13-5-2-8-16(18-13)20-9-3-6-14(12-20)19-17(21)11-15-7-4-10-22-15/h2,4-5,7-8,10,14H,3,6,9,11-12H2,1H3,(H,19,21)/t14-/m0/s1. The normalized spacial score (nSPS) is 18.2. The van der Waals surface area contributed by atoms with Crippen molar-refractivity contribution in [1.82, 2.24) is 10.3 Å². The molecule has 0 radical (unpaired) electrons. The van der Waals surface area contributed by atoms with Gasteiger partial charge in [-0.2, -0.15) is 0 Å². The lowest BCUT2D eigenvalue weighted by atomic mass is 10.1. The first-order chi connectivity index (χ1) is 10.7. The van der Waals surface area contributed by atoms with Crippen molar-refractivity contribution in [1.29, 1.82) is 0 Å². The fourth-order valence-electron chi connectivity index (χ4n) is 2.86. The Morgan fingerprint density at radius 3 is 3.09 bits per heavy atom. The van der Waals surface area contributed by atoms with Crippen molar-refractivity contribution >= 4 is 23.1 Å². The molecule has 0 saturated carbocycles. The summed E-state index contributed by atoms with van der Waals surface area (Å²) in [5.74, 6) is 1.13. The molecule has 1 aliphatic heterocycles. The zero-order chi connectivity index (χ0) is 15.4. The molecule has 1 N–H and O–H groups in total. The molecular formula is C17H21N3OS. The summed E-state index contributed by atoms with van der Waals surface area (Å²) >= 11 is 1.63. The Bertz CT molecular complexity index is 627. The summed E-state index contributed by atoms with van der Waals surface area (Å²) in [6, 6.07) is 10.3. The van der Waals surface area contributed by atoms with Gasteiger partial charge in [0, 0.05) is 29.7 Å². The number of amides is 1. The third-order valence-corrected chi connectivity index (χ3v) is 4.78. The summed E-state index contributed by atoms with van der Waals surface area (Å²) in [5, 5.41) is 5.18. The number of piperidine rings is 1. The topological polar surface area (TPSA) is 45.2 Å². The van der Waals surface area contributed by atoms with Gasteiger partial charge in [0.15, 0.2) is 0 Å². The quantitative estimate of drug-likeness (QED) is 0.943. The van der Waals surface area contributed by atoms with E-state index in [-0.39, 0.29) is 11.9 Å². The number of aryl methyl sites for hydroxylation is 1. The zero-order valence-corrected chi connectivity index (χ0v) is 13.6. The fraction of sp³-hybridized carbons (Fsp3) is 0.412. The predicted octanol–water partition coefficient (Wildman–Crippen LogP) is 2.78. The number of aromatic nitrogens is 1. The van der Waals surface area contributed by atoms with Gasteiger partial charge in [0.05, 0.1) is 6.42 Å². The number of carbonyl (C=O) groups is 1. The Kier molecular flexibility index (Phi) is 4.73. The maximum Gasteiger partial charge on any atom is 0.225 e. The lowest BCUT2D eigenvalue weighted by molar-refractivity contribution is -0.121. The lowest BCUT2D eigenvalue weighted by Crippen LogP contribution is -2.48. The van der Waals surface area contributed by atoms with Gasteiger partial charge in [-0.1, -0.05) is 12.1 Å². The van der Waals surface area contributed by atoms with Crippen molar-refractivity contribution in [3.8, 4) is 0 Å². The summed E-state index contributed by atoms with van der Waals surface area (Å²) < 4.78 is 0. The summed E-state index contributed by atoms with van der Waals surface area (Å²) in [6.07, 6.45) is 2.61. The van der Waals surface area contributed by atoms with E-state index < -0.39 is 0 Å². The second kappa shape index (κ2) is 6.92. The van der Waals surface area contributed by atoms with Crippen LogP contribution in [0.15, 0.2) is 35.7 Å². The van der Waals surface area contributed by atoms with Gasteiger partial charge in [-0.15, -0.1) is 11.3 Å². The summed E-state index contributed by atoms with van der Waals surface area (Å²) in [4.78, 5) is 20.1. The van der Waals surface area contributed by atoms with E-state index in [1.54, 1.807) is 11.3 Å². The lowest BCUT2D eigenvalue weighted by Gasteiger charge is -2.34. The van der Waals surface area contributed by atoms with Gasteiger partial charge >= 0.3 is 0 Å². The van der Waals surface area contributed by atoms with Crippen LogP contribution in [-0.4, -0.2) is 30.0 Å². The van der Waals surface area contributed by atoms with Crippen molar-refractivity contribution in [2.45, 2.75) is 32.2 Å². The van der Waals surface area contributed by atoms with Crippen molar-refractivity contribution in [2.75, 3.05) is 18.0 Å². The van der Waals surface area contributed by atoms with E-state index in [0.29, 0.717) is 6.42 Å². The van der Waals surface area contributed by atoms with Crippen LogP contribution in [0.3, 0.4) is 0 Å². The highest BCUT2D eigenvalue weighted by Crippen LogP contribution is 2.18. The molecule has 1 saturated heterocycles. The maximum atomic E-state index is 12.1. The Balaban J connectivity index is 1.57. The van der Waals surface area contributed by atoms with E-state index >= 15 is 0 Å². The van der Waals surface area contributed by atoms with Gasteiger partial charge in [0.2, 0.25) is 5.91 Å². The number of nitrogens with one attached hydrogen (secondary N) is 1. The molecule has 116 valence electrons. The number of thiophene rings is 1. The molecule has 0 spiro atoms. The van der Waals surface area contributed by atoms with E-state index in [9.17, 15) is 4.79 Å². The highest BCUT2D eigenvalue weighted by atomic mass is 32.1. The smallest absolute Gasteiger partial charge is 0.225 e. The van der Waals surface area contributed by atoms with Crippen LogP contribution >= 0.6 is 11.3 Å². The van der Waals surface area contributed by atoms with E-state index in [0.717, 1.165) is 42.3 Å². The first-order valence-electron chi connectivity index (χ1n) is 7.71. The molecule has 0 unspecified atom stereocenters. The highest BCUT2D eigenvalue weighted by Gasteiger charge is 2.22. The minimum Gasteiger partial charge on any atom is -0.355 e. The van der Waals surface area contributed by atoms with Gasteiger partial charge in [-0.25, -0.2) is 4.98 Å². The number of hydrogen-bond donors (Lipinski definition) is 1. The molecule has 0 bridgehead atoms. The fourth-order valence-corrected chi connectivity index (χ4v) is 3.56. The van der Waals surface area contributed by atoms with Crippen LogP contribution in [-0.2, 0) is 11.2 Å². The second-order valence-electron chi connectivity index (χ2n) is 5.75. The number of pyridine rings is 1. The van der Waals surface area contributed by atoms with Crippen LogP contribution in [0.1, 0.15) is 23.4 Å². The zero-order valence-electron chi connectivity index (χ0n) is 12.8. The van der Waals surface area contributed by atoms with Crippen LogP contribution < -0.4 is 10.2 Å². The van der Waals surface area contributed by atoms with Gasteiger partial charge < -0.3 is 10.2 Å². The number of anilines is 1. The van der Waals surface area contributed by atoms with Crippen LogP contribution in [0.5, 0.6) is 0 Å². The van der Waals surface area contributed by atoms with Crippen molar-refractivity contribution in [3.63, 3.8) is 0 Å². The number of hydrogen-bond acceptors (Lipinski definition) is 4. The molecule has 2 aromatic heterocycles. The summed E-state index contributed by atoms with van der Waals surface area (Å²) in [7, 11) is 0. The number of carbonyl (C=O) groups excluding carboxylic acids is 1. The first kappa shape index (κ1) is 15.0. The van der Waals surface area contributed by atoms with Gasteiger partial charge in [0.1, 0.15) is 5.82 Å². The number of nitrogens with zero attached hydrogens (tertiary/aromatic N) is 2. The average molecular weight is 315 g/mol. The van der Waals surface area contributed by atoms with E-state index in [2.05, 4.69) is 15.2 Å². The molecule has 5 heteroatoms. The van der Waals surface area contributed by atoms with Crippen molar-refractivity contribution < 1.29 is 4.79 Å². The third-order valence-electron chi connectivity index (χ3n) is 3.90. The molecule has 3 heterocycles. The molecule has 1 atom stereocenters. The molecule has 2 aromatic rings. The molecule has 4 nitrogen and oxygen atoms in total. The van der Waals surface area contributed by atoms with E-state index in [4.69, 9.17) is 0 Å². The average Bonchev–Trinajstić information content (AvgIpc) is 3.00. The highest BCUT2D eigenvalue weighted by molar-refractivity contribution is 7.10. The summed E-state index contributed by atoms with van der Waals surface area (Å²) in [6.45, 7) is 3.86. The van der Waals surface area contributed by atoms with Crippen LogP contribution in [0.25, 0.3) is 0 Å². The van der Waals surface area contributed by atoms with Crippen LogP contribution in [0.2, 0.25) is 0 Å². The molecule has 1 aliphatic rings. The number of rotatable bonds is 4. The first-order valence-corrected chi connectivity index (χ1v) is 8.59. The van der Waals surface area contributed by atoms with E-state index in [1.165, 1.54) is 0 Å². The maximum absolute atomic E-state index is 12.1. The molecule has 0 aromatic carbocycles. The molecule has 3 rings (SSSR count). The Labute approximate surface area is 135 Å². The van der Waals surface area contributed by atoms with Crippen LogP contribution in [0.4, 0.5) is 5.82 Å². The minimum atomic E-state index is 0.117. The molecule has 22 heavy (non-hydrogen) atoms. The van der Waals surface area contributed by atoms with Crippen molar-refractivity contribution in [3.05, 3.63) is 46.3 Å².